The summed E-state index contributed by atoms with van der Waals surface area (Å²) in [5, 5.41) is 0. The van der Waals surface area contributed by atoms with E-state index in [1.165, 1.54) is 7.11 Å². The zero-order chi connectivity index (χ0) is 13.5. The average Bonchev–Trinajstić information content (AvgIpc) is 2.34. The number of methoxy groups -OCH3 is 1. The molecule has 0 saturated carbocycles. The topological polar surface area (TPSA) is 61.5 Å². The molecule has 0 aliphatic rings. The van der Waals surface area contributed by atoms with Crippen molar-refractivity contribution in [1.82, 2.24) is 0 Å². The fraction of sp³-hybridized carbons (Fsp3) is 0.500. The Bertz CT molecular complexity index is 402. The molecule has 0 bridgehead atoms. The van der Waals surface area contributed by atoms with Crippen molar-refractivity contribution in [1.29, 1.82) is 0 Å². The van der Waals surface area contributed by atoms with Crippen LogP contribution in [0.25, 0.3) is 0 Å². The van der Waals surface area contributed by atoms with Crippen LogP contribution >= 0.6 is 0 Å². The molecule has 2 N–H and O–H groups in total. The molecule has 4 nitrogen and oxygen atoms in total. The van der Waals surface area contributed by atoms with E-state index in [2.05, 4.69) is 13.8 Å². The number of hydrogen-bond acceptors (Lipinski definition) is 4. The fourth-order valence-electron chi connectivity index (χ4n) is 1.65. The van der Waals surface area contributed by atoms with Gasteiger partial charge in [-0.05, 0) is 30.9 Å². The molecule has 0 saturated heterocycles. The van der Waals surface area contributed by atoms with Gasteiger partial charge >= 0.3 is 5.97 Å². The van der Waals surface area contributed by atoms with Gasteiger partial charge in [0, 0.05) is 0 Å². The van der Waals surface area contributed by atoms with Crippen molar-refractivity contribution in [2.24, 2.45) is 5.92 Å². The number of carbonyl (C=O) groups excluding carboxylic acids is 1. The van der Waals surface area contributed by atoms with E-state index >= 15 is 0 Å². The van der Waals surface area contributed by atoms with Crippen LogP contribution in [-0.2, 0) is 4.74 Å². The predicted molar refractivity (Wildman–Crippen MR) is 71.8 cm³/mol. The molecule has 4 heteroatoms. The molecule has 0 amide bonds. The molecule has 0 fully saturated rings. The van der Waals surface area contributed by atoms with Crippen LogP contribution in [0.15, 0.2) is 18.2 Å². The van der Waals surface area contributed by atoms with Crippen LogP contribution in [0.1, 0.15) is 37.0 Å². The van der Waals surface area contributed by atoms with Crippen molar-refractivity contribution in [3.8, 4) is 5.75 Å². The van der Waals surface area contributed by atoms with Crippen molar-refractivity contribution < 1.29 is 14.3 Å². The molecule has 0 atom stereocenters. The van der Waals surface area contributed by atoms with E-state index in [0.717, 1.165) is 12.8 Å². The molecule has 1 rings (SSSR count). The van der Waals surface area contributed by atoms with Crippen LogP contribution in [0.4, 0.5) is 5.69 Å². The van der Waals surface area contributed by atoms with Crippen LogP contribution in [-0.4, -0.2) is 19.7 Å². The fourth-order valence-corrected chi connectivity index (χ4v) is 1.65. The zero-order valence-corrected chi connectivity index (χ0v) is 11.2. The third-order valence-corrected chi connectivity index (χ3v) is 2.62. The van der Waals surface area contributed by atoms with Gasteiger partial charge in [-0.1, -0.05) is 19.9 Å². The second-order valence-corrected chi connectivity index (χ2v) is 4.60. The molecular weight excluding hydrogens is 230 g/mol. The van der Waals surface area contributed by atoms with Gasteiger partial charge in [-0.2, -0.15) is 0 Å². The van der Waals surface area contributed by atoms with Gasteiger partial charge in [0.1, 0.15) is 5.56 Å². The first kappa shape index (κ1) is 14.4. The number of benzene rings is 1. The summed E-state index contributed by atoms with van der Waals surface area (Å²) >= 11 is 0. The monoisotopic (exact) mass is 251 g/mol. The van der Waals surface area contributed by atoms with E-state index in [0.29, 0.717) is 29.5 Å². The Hall–Kier alpha value is -1.71. The van der Waals surface area contributed by atoms with E-state index in [1.807, 2.05) is 0 Å². The molecule has 0 heterocycles. The van der Waals surface area contributed by atoms with Crippen molar-refractivity contribution in [2.75, 3.05) is 19.5 Å². The normalized spacial score (nSPS) is 10.4. The van der Waals surface area contributed by atoms with E-state index in [9.17, 15) is 4.79 Å². The molecule has 0 aliphatic carbocycles. The second-order valence-electron chi connectivity index (χ2n) is 4.60. The van der Waals surface area contributed by atoms with E-state index < -0.39 is 5.97 Å². The Morgan fingerprint density at radius 1 is 1.39 bits per heavy atom. The maximum Gasteiger partial charge on any atom is 0.341 e. The zero-order valence-electron chi connectivity index (χ0n) is 11.2. The summed E-state index contributed by atoms with van der Waals surface area (Å²) in [6.07, 6.45) is 2.02. The number of nitrogen functional groups attached to an aromatic ring is 1. The summed E-state index contributed by atoms with van der Waals surface area (Å²) in [4.78, 5) is 11.6. The molecule has 0 unspecified atom stereocenters. The average molecular weight is 251 g/mol. The minimum absolute atomic E-state index is 0.377. The Kier molecular flexibility index (Phi) is 5.49. The van der Waals surface area contributed by atoms with Crippen LogP contribution in [0.2, 0.25) is 0 Å². The lowest BCUT2D eigenvalue weighted by Gasteiger charge is -2.13. The molecule has 0 radical (unpaired) electrons. The van der Waals surface area contributed by atoms with Crippen molar-refractivity contribution in [3.05, 3.63) is 23.8 Å². The molecule has 18 heavy (non-hydrogen) atoms. The van der Waals surface area contributed by atoms with Crippen LogP contribution < -0.4 is 10.5 Å². The highest BCUT2D eigenvalue weighted by atomic mass is 16.5. The lowest BCUT2D eigenvalue weighted by Crippen LogP contribution is -2.09. The van der Waals surface area contributed by atoms with Gasteiger partial charge < -0.3 is 15.2 Å². The van der Waals surface area contributed by atoms with Gasteiger partial charge in [0.25, 0.3) is 0 Å². The van der Waals surface area contributed by atoms with Gasteiger partial charge in [-0.3, -0.25) is 0 Å². The van der Waals surface area contributed by atoms with E-state index in [1.54, 1.807) is 18.2 Å². The standard InChI is InChI=1S/C14H21NO3/c1-10(2)6-5-9-18-13-11(14(16)17-3)7-4-8-12(13)15/h4,7-8,10H,5-6,9,15H2,1-3H3. The molecule has 0 aliphatic heterocycles. The number of para-hydroxylation sites is 1. The Morgan fingerprint density at radius 3 is 2.72 bits per heavy atom. The first-order valence-electron chi connectivity index (χ1n) is 6.15. The highest BCUT2D eigenvalue weighted by Crippen LogP contribution is 2.27. The largest absolute Gasteiger partial charge is 0.491 e. The number of rotatable bonds is 6. The summed E-state index contributed by atoms with van der Waals surface area (Å²) in [5.41, 5.74) is 6.66. The summed E-state index contributed by atoms with van der Waals surface area (Å²) in [7, 11) is 1.34. The summed E-state index contributed by atoms with van der Waals surface area (Å²) < 4.78 is 10.3. The van der Waals surface area contributed by atoms with Gasteiger partial charge in [0.15, 0.2) is 5.75 Å². The Labute approximate surface area is 108 Å². The number of esters is 1. The predicted octanol–water partition coefficient (Wildman–Crippen LogP) is 2.87. The number of anilines is 1. The van der Waals surface area contributed by atoms with Crippen molar-refractivity contribution >= 4 is 11.7 Å². The van der Waals surface area contributed by atoms with E-state index in [4.69, 9.17) is 15.2 Å². The number of carbonyl (C=O) groups is 1. The van der Waals surface area contributed by atoms with Gasteiger partial charge in [-0.25, -0.2) is 4.79 Å². The van der Waals surface area contributed by atoms with E-state index in [-0.39, 0.29) is 0 Å². The quantitative estimate of drug-likeness (QED) is 0.480. The molecule has 0 aromatic heterocycles. The Morgan fingerprint density at radius 2 is 2.11 bits per heavy atom. The summed E-state index contributed by atoms with van der Waals surface area (Å²) in [5.74, 6) is 0.635. The van der Waals surface area contributed by atoms with Crippen molar-refractivity contribution in [3.63, 3.8) is 0 Å². The molecule has 1 aromatic carbocycles. The number of hydrogen-bond donors (Lipinski definition) is 1. The molecule has 0 spiro atoms. The minimum Gasteiger partial charge on any atom is -0.491 e. The van der Waals surface area contributed by atoms with Gasteiger partial charge in [0.05, 0.1) is 19.4 Å². The SMILES string of the molecule is COC(=O)c1cccc(N)c1OCCCC(C)C. The first-order chi connectivity index (χ1) is 8.56. The lowest BCUT2D eigenvalue weighted by molar-refractivity contribution is 0.0596. The first-order valence-corrected chi connectivity index (χ1v) is 6.15. The maximum atomic E-state index is 11.6. The second kappa shape index (κ2) is 6.89. The van der Waals surface area contributed by atoms with Crippen LogP contribution in [0.5, 0.6) is 5.75 Å². The molecule has 100 valence electrons. The van der Waals surface area contributed by atoms with Crippen LogP contribution in [0.3, 0.4) is 0 Å². The third kappa shape index (κ3) is 3.95. The smallest absolute Gasteiger partial charge is 0.341 e. The lowest BCUT2D eigenvalue weighted by atomic mass is 10.1. The maximum absolute atomic E-state index is 11.6. The third-order valence-electron chi connectivity index (χ3n) is 2.62. The van der Waals surface area contributed by atoms with Gasteiger partial charge in [0.2, 0.25) is 0 Å². The number of ether oxygens (including phenoxy) is 2. The number of nitrogens with two attached hydrogens (primary N) is 1. The minimum atomic E-state index is -0.429. The van der Waals surface area contributed by atoms with Crippen molar-refractivity contribution in [2.45, 2.75) is 26.7 Å². The highest BCUT2D eigenvalue weighted by molar-refractivity contribution is 5.94. The molecular formula is C14H21NO3. The van der Waals surface area contributed by atoms with Gasteiger partial charge in [-0.15, -0.1) is 0 Å². The summed E-state index contributed by atoms with van der Waals surface area (Å²) in [6.45, 7) is 4.88. The molecule has 1 aromatic rings. The van der Waals surface area contributed by atoms with Crippen LogP contribution in [0, 0.1) is 5.92 Å². The Balaban J connectivity index is 2.71. The highest BCUT2D eigenvalue weighted by Gasteiger charge is 2.15. The summed E-state index contributed by atoms with van der Waals surface area (Å²) in [6, 6.07) is 5.08.